The summed E-state index contributed by atoms with van der Waals surface area (Å²) in [4.78, 5) is 21.6. The Balaban J connectivity index is 3.10. The third-order valence-corrected chi connectivity index (χ3v) is 2.11. The number of rotatable bonds is 4. The smallest absolute Gasteiger partial charge is 0.282 e. The molecule has 1 amide bonds. The van der Waals surface area contributed by atoms with E-state index >= 15 is 0 Å². The van der Waals surface area contributed by atoms with Gasteiger partial charge in [0.2, 0.25) is 0 Å². The van der Waals surface area contributed by atoms with Gasteiger partial charge >= 0.3 is 0 Å². The Hall–Kier alpha value is -2.24. The maximum Gasteiger partial charge on any atom is 0.282 e. The van der Waals surface area contributed by atoms with E-state index in [2.05, 4.69) is 11.9 Å². The maximum atomic E-state index is 13.0. The number of nitro groups is 1. The fourth-order valence-corrected chi connectivity index (χ4v) is 1.19. The van der Waals surface area contributed by atoms with Gasteiger partial charge in [0.05, 0.1) is 4.92 Å². The molecule has 1 unspecified atom stereocenters. The van der Waals surface area contributed by atoms with Crippen LogP contribution in [0.25, 0.3) is 0 Å². The summed E-state index contributed by atoms with van der Waals surface area (Å²) in [5.74, 6) is -1.41. The van der Waals surface area contributed by atoms with E-state index in [9.17, 15) is 19.3 Å². The summed E-state index contributed by atoms with van der Waals surface area (Å²) in [6.07, 6.45) is 1.46. The van der Waals surface area contributed by atoms with Gasteiger partial charge in [0.15, 0.2) is 0 Å². The van der Waals surface area contributed by atoms with E-state index in [1.165, 1.54) is 6.08 Å². The number of nitrogens with one attached hydrogen (secondary N) is 1. The average molecular weight is 238 g/mol. The average Bonchev–Trinajstić information content (AvgIpc) is 2.28. The molecule has 0 heterocycles. The monoisotopic (exact) mass is 238 g/mol. The molecule has 0 aliphatic heterocycles. The highest BCUT2D eigenvalue weighted by molar-refractivity contribution is 5.98. The first-order chi connectivity index (χ1) is 7.95. The lowest BCUT2D eigenvalue weighted by Crippen LogP contribution is -2.31. The van der Waals surface area contributed by atoms with Gasteiger partial charge in [-0.25, -0.2) is 4.39 Å². The summed E-state index contributed by atoms with van der Waals surface area (Å²) >= 11 is 0. The number of hydrogen-bond acceptors (Lipinski definition) is 3. The second kappa shape index (κ2) is 5.20. The van der Waals surface area contributed by atoms with Crippen LogP contribution in [0.2, 0.25) is 0 Å². The van der Waals surface area contributed by atoms with Crippen LogP contribution in [0.1, 0.15) is 17.3 Å². The van der Waals surface area contributed by atoms with Crippen LogP contribution >= 0.6 is 0 Å². The predicted molar refractivity (Wildman–Crippen MR) is 60.2 cm³/mol. The summed E-state index contributed by atoms with van der Waals surface area (Å²) in [5, 5.41) is 13.1. The van der Waals surface area contributed by atoms with Crippen molar-refractivity contribution in [1.82, 2.24) is 5.32 Å². The fraction of sp³-hybridized carbons (Fsp3) is 0.182. The second-order valence-electron chi connectivity index (χ2n) is 3.42. The molecular formula is C11H11FN2O3. The van der Waals surface area contributed by atoms with E-state index in [4.69, 9.17) is 0 Å². The Morgan fingerprint density at radius 1 is 1.65 bits per heavy atom. The van der Waals surface area contributed by atoms with Gasteiger partial charge in [-0.15, -0.1) is 6.58 Å². The van der Waals surface area contributed by atoms with Gasteiger partial charge in [-0.1, -0.05) is 6.08 Å². The first kappa shape index (κ1) is 12.8. The number of carbonyl (C=O) groups excluding carboxylic acids is 1. The van der Waals surface area contributed by atoms with Crippen LogP contribution in [-0.4, -0.2) is 16.9 Å². The minimum atomic E-state index is -0.729. The van der Waals surface area contributed by atoms with Crippen molar-refractivity contribution < 1.29 is 14.1 Å². The topological polar surface area (TPSA) is 72.2 Å². The molecule has 1 rings (SSSR count). The Morgan fingerprint density at radius 3 is 2.82 bits per heavy atom. The lowest BCUT2D eigenvalue weighted by molar-refractivity contribution is -0.385. The number of carbonyl (C=O) groups is 1. The van der Waals surface area contributed by atoms with Gasteiger partial charge in [-0.2, -0.15) is 0 Å². The zero-order valence-corrected chi connectivity index (χ0v) is 9.14. The Labute approximate surface area is 97.1 Å². The first-order valence-corrected chi connectivity index (χ1v) is 4.83. The van der Waals surface area contributed by atoms with Gasteiger partial charge in [-0.05, 0) is 19.1 Å². The van der Waals surface area contributed by atoms with E-state index in [1.54, 1.807) is 6.92 Å². The molecule has 0 radical (unpaired) electrons. The quantitative estimate of drug-likeness (QED) is 0.495. The van der Waals surface area contributed by atoms with Crippen LogP contribution in [0.3, 0.4) is 0 Å². The van der Waals surface area contributed by atoms with E-state index < -0.39 is 22.3 Å². The number of nitrogens with zero attached hydrogens (tertiary/aromatic N) is 1. The van der Waals surface area contributed by atoms with Gasteiger partial charge in [-0.3, -0.25) is 14.9 Å². The van der Waals surface area contributed by atoms with Crippen molar-refractivity contribution in [2.75, 3.05) is 0 Å². The van der Waals surface area contributed by atoms with E-state index in [-0.39, 0.29) is 11.6 Å². The molecule has 0 bridgehead atoms. The van der Waals surface area contributed by atoms with Crippen LogP contribution < -0.4 is 5.32 Å². The fourth-order valence-electron chi connectivity index (χ4n) is 1.19. The van der Waals surface area contributed by atoms with Crippen LogP contribution in [0, 0.1) is 15.9 Å². The summed E-state index contributed by atoms with van der Waals surface area (Å²) in [6.45, 7) is 5.11. The van der Waals surface area contributed by atoms with Crippen molar-refractivity contribution in [3.05, 3.63) is 52.3 Å². The summed E-state index contributed by atoms with van der Waals surface area (Å²) in [6, 6.07) is 2.38. The summed E-state index contributed by atoms with van der Waals surface area (Å²) in [7, 11) is 0. The van der Waals surface area contributed by atoms with Crippen molar-refractivity contribution in [1.29, 1.82) is 0 Å². The highest BCUT2D eigenvalue weighted by Gasteiger charge is 2.21. The molecule has 0 aliphatic rings. The Morgan fingerprint density at radius 2 is 2.29 bits per heavy atom. The molecular weight excluding hydrogens is 227 g/mol. The van der Waals surface area contributed by atoms with Crippen LogP contribution in [0.15, 0.2) is 30.9 Å². The highest BCUT2D eigenvalue weighted by atomic mass is 19.1. The molecule has 1 N–H and O–H groups in total. The van der Waals surface area contributed by atoms with Gasteiger partial charge < -0.3 is 5.32 Å². The molecule has 1 aromatic rings. The second-order valence-corrected chi connectivity index (χ2v) is 3.42. The Bertz CT molecular complexity index is 474. The molecule has 0 aliphatic carbocycles. The van der Waals surface area contributed by atoms with Gasteiger partial charge in [0.1, 0.15) is 11.4 Å². The molecule has 0 fully saturated rings. The third-order valence-electron chi connectivity index (χ3n) is 2.11. The molecule has 17 heavy (non-hydrogen) atoms. The number of nitro benzene ring substituents is 1. The van der Waals surface area contributed by atoms with Crippen LogP contribution in [-0.2, 0) is 0 Å². The Kier molecular flexibility index (Phi) is 3.92. The summed E-state index contributed by atoms with van der Waals surface area (Å²) in [5.41, 5.74) is -0.733. The van der Waals surface area contributed by atoms with Crippen molar-refractivity contribution in [2.45, 2.75) is 13.0 Å². The van der Waals surface area contributed by atoms with Gasteiger partial charge in [0.25, 0.3) is 11.6 Å². The molecule has 6 heteroatoms. The lowest BCUT2D eigenvalue weighted by atomic mass is 10.1. The highest BCUT2D eigenvalue weighted by Crippen LogP contribution is 2.19. The van der Waals surface area contributed by atoms with Crippen LogP contribution in [0.4, 0.5) is 10.1 Å². The number of halogens is 1. The first-order valence-electron chi connectivity index (χ1n) is 4.83. The molecule has 5 nitrogen and oxygen atoms in total. The van der Waals surface area contributed by atoms with Crippen molar-refractivity contribution in [3.8, 4) is 0 Å². The zero-order chi connectivity index (χ0) is 13.0. The molecule has 0 aromatic heterocycles. The lowest BCUT2D eigenvalue weighted by Gasteiger charge is -2.09. The van der Waals surface area contributed by atoms with Crippen molar-refractivity contribution in [3.63, 3.8) is 0 Å². The van der Waals surface area contributed by atoms with Crippen molar-refractivity contribution >= 4 is 11.6 Å². The largest absolute Gasteiger partial charge is 0.346 e. The van der Waals surface area contributed by atoms with Crippen molar-refractivity contribution in [2.24, 2.45) is 0 Å². The van der Waals surface area contributed by atoms with Gasteiger partial charge in [0, 0.05) is 12.1 Å². The number of amides is 1. The molecule has 1 atom stereocenters. The normalized spacial score (nSPS) is 11.6. The minimum Gasteiger partial charge on any atom is -0.346 e. The zero-order valence-electron chi connectivity index (χ0n) is 9.14. The maximum absolute atomic E-state index is 13.0. The third kappa shape index (κ3) is 3.10. The van der Waals surface area contributed by atoms with Crippen LogP contribution in [0.5, 0.6) is 0 Å². The molecule has 90 valence electrons. The predicted octanol–water partition coefficient (Wildman–Crippen LogP) is 2.04. The molecule has 0 saturated carbocycles. The van der Waals surface area contributed by atoms with E-state index in [1.807, 2.05) is 0 Å². The molecule has 1 aromatic carbocycles. The number of hydrogen-bond donors (Lipinski definition) is 1. The minimum absolute atomic E-state index is 0.302. The molecule has 0 saturated heterocycles. The summed E-state index contributed by atoms with van der Waals surface area (Å²) < 4.78 is 13.0. The SMILES string of the molecule is C=CC(C)NC(=O)c1cc(F)ccc1[N+](=O)[O-]. The van der Waals surface area contributed by atoms with E-state index in [0.29, 0.717) is 0 Å². The number of benzene rings is 1. The van der Waals surface area contributed by atoms with E-state index in [0.717, 1.165) is 18.2 Å². The molecule has 0 spiro atoms. The standard InChI is InChI=1S/C11H11FN2O3/c1-3-7(2)13-11(15)9-6-8(12)4-5-10(9)14(16)17/h3-7H,1H2,2H3,(H,13,15).